The van der Waals surface area contributed by atoms with Gasteiger partial charge in [0.15, 0.2) is 0 Å². The van der Waals surface area contributed by atoms with E-state index in [1.165, 1.54) is 6.07 Å². The van der Waals surface area contributed by atoms with Gasteiger partial charge in [-0.3, -0.25) is 0 Å². The molecule has 2 fully saturated rings. The number of ether oxygens (including phenoxy) is 2. The molecule has 14 heteroatoms. The van der Waals surface area contributed by atoms with E-state index in [-0.39, 0.29) is 46.3 Å². The van der Waals surface area contributed by atoms with Crippen LogP contribution in [-0.2, 0) is 10.9 Å². The molecular formula is C31H39ClF3N7O3. The lowest BCUT2D eigenvalue weighted by Crippen LogP contribution is -2.55. The summed E-state index contributed by atoms with van der Waals surface area (Å²) in [5.41, 5.74) is 4.21. The van der Waals surface area contributed by atoms with E-state index in [9.17, 15) is 18.0 Å². The molecule has 1 aromatic carbocycles. The molecule has 0 radical (unpaired) electrons. The summed E-state index contributed by atoms with van der Waals surface area (Å²) in [6.45, 7) is 8.59. The van der Waals surface area contributed by atoms with E-state index in [1.54, 1.807) is 11.0 Å². The van der Waals surface area contributed by atoms with Crippen LogP contribution >= 0.6 is 11.6 Å². The highest BCUT2D eigenvalue weighted by molar-refractivity contribution is 6.34. The number of rotatable bonds is 5. The Morgan fingerprint density at radius 3 is 2.47 bits per heavy atom. The highest BCUT2D eigenvalue weighted by atomic mass is 35.5. The third-order valence-corrected chi connectivity index (χ3v) is 8.42. The molecule has 2 unspecified atom stereocenters. The Balaban J connectivity index is 1.60. The molecular weight excluding hydrogens is 611 g/mol. The van der Waals surface area contributed by atoms with Crippen molar-refractivity contribution in [2.24, 2.45) is 0 Å². The number of nitrogen functional groups attached to an aromatic ring is 1. The zero-order valence-corrected chi connectivity index (χ0v) is 27.0. The molecule has 1 aliphatic heterocycles. The summed E-state index contributed by atoms with van der Waals surface area (Å²) in [7, 11) is 3.99. The fraction of sp³-hybridized carbons (Fsp3) is 0.548. The van der Waals surface area contributed by atoms with Gasteiger partial charge in [-0.1, -0.05) is 11.6 Å². The molecule has 2 aliphatic rings. The number of aromatic nitrogens is 3. The summed E-state index contributed by atoms with van der Waals surface area (Å²) in [5, 5.41) is 0.565. The average molecular weight is 650 g/mol. The monoisotopic (exact) mass is 649 g/mol. The van der Waals surface area contributed by atoms with Gasteiger partial charge >= 0.3 is 18.3 Å². The first-order chi connectivity index (χ1) is 21.0. The maximum atomic E-state index is 14.0. The number of nitrogens with zero attached hydrogens (tertiary/aromatic N) is 6. The summed E-state index contributed by atoms with van der Waals surface area (Å²) in [6, 6.07) is 5.12. The van der Waals surface area contributed by atoms with Crippen LogP contribution in [0.3, 0.4) is 0 Å². The van der Waals surface area contributed by atoms with Gasteiger partial charge in [0, 0.05) is 42.7 Å². The van der Waals surface area contributed by atoms with Gasteiger partial charge in [0.1, 0.15) is 23.3 Å². The Kier molecular flexibility index (Phi) is 8.98. The van der Waals surface area contributed by atoms with E-state index in [0.29, 0.717) is 36.4 Å². The molecule has 2 aromatic heterocycles. The van der Waals surface area contributed by atoms with Gasteiger partial charge in [0.2, 0.25) is 0 Å². The molecule has 10 nitrogen and oxygen atoms in total. The number of pyridine rings is 1. The number of amides is 1. The van der Waals surface area contributed by atoms with Crippen molar-refractivity contribution < 1.29 is 27.4 Å². The second kappa shape index (κ2) is 12.3. The number of fused-ring (bicyclic) bond motifs is 1. The number of carbonyl (C=O) groups excluding carboxylic acids is 1. The van der Waals surface area contributed by atoms with Gasteiger partial charge in [-0.25, -0.2) is 9.78 Å². The fourth-order valence-electron chi connectivity index (χ4n) is 6.01. The molecule has 2 N–H and O–H groups in total. The molecule has 1 aliphatic carbocycles. The zero-order valence-electron chi connectivity index (χ0n) is 26.3. The topological polar surface area (TPSA) is 110 Å². The highest BCUT2D eigenvalue weighted by Gasteiger charge is 2.37. The Morgan fingerprint density at radius 1 is 1.09 bits per heavy atom. The van der Waals surface area contributed by atoms with Crippen molar-refractivity contribution >= 4 is 40.2 Å². The predicted octanol–water partition coefficient (Wildman–Crippen LogP) is 6.25. The highest BCUT2D eigenvalue weighted by Crippen LogP contribution is 2.42. The quantitative estimate of drug-likeness (QED) is 0.343. The largest absolute Gasteiger partial charge is 0.458 e. The molecule has 5 rings (SSSR count). The number of likely N-dealkylation sites (N-methyl/N-ethyl adjacent to an activating group) is 1. The minimum atomic E-state index is -4.69. The maximum absolute atomic E-state index is 14.0. The Hall–Kier alpha value is -3.58. The number of carbonyl (C=O) groups is 1. The number of benzene rings is 1. The van der Waals surface area contributed by atoms with E-state index >= 15 is 0 Å². The van der Waals surface area contributed by atoms with Crippen molar-refractivity contribution in [1.29, 1.82) is 0 Å². The second-order valence-electron chi connectivity index (χ2n) is 12.9. The number of piperazine rings is 1. The first kappa shape index (κ1) is 32.8. The predicted molar refractivity (Wildman–Crippen MR) is 168 cm³/mol. The number of hydrogen-bond acceptors (Lipinski definition) is 9. The van der Waals surface area contributed by atoms with Crippen molar-refractivity contribution in [2.45, 2.75) is 76.9 Å². The first-order valence-electron chi connectivity index (χ1n) is 14.9. The SMILES string of the molecule is C[C@H]1CN(C(=O)OC(C)(C)C)CCN1c1nc(OC2CCCC2N(C)C)nc2cc(-c3nc(N)ccc3C(F)(F)F)c(Cl)cc12. The third-order valence-electron chi connectivity index (χ3n) is 8.11. The molecule has 3 aromatic rings. The summed E-state index contributed by atoms with van der Waals surface area (Å²) in [4.78, 5) is 32.1. The van der Waals surface area contributed by atoms with Crippen LogP contribution in [0.1, 0.15) is 52.5 Å². The Bertz CT molecular complexity index is 1580. The van der Waals surface area contributed by atoms with E-state index in [0.717, 1.165) is 31.4 Å². The normalized spacial score (nSPS) is 21.1. The van der Waals surface area contributed by atoms with Crippen molar-refractivity contribution in [2.75, 3.05) is 44.4 Å². The van der Waals surface area contributed by atoms with Gasteiger partial charge in [-0.15, -0.1) is 0 Å². The lowest BCUT2D eigenvalue weighted by atomic mass is 10.0. The second-order valence-corrected chi connectivity index (χ2v) is 13.3. The van der Waals surface area contributed by atoms with Crippen molar-refractivity contribution in [3.63, 3.8) is 0 Å². The fourth-order valence-corrected chi connectivity index (χ4v) is 6.26. The smallest absolute Gasteiger partial charge is 0.418 e. The van der Waals surface area contributed by atoms with E-state index in [4.69, 9.17) is 31.8 Å². The van der Waals surface area contributed by atoms with Gasteiger partial charge in [-0.2, -0.15) is 23.1 Å². The number of alkyl halides is 3. The Morgan fingerprint density at radius 2 is 1.82 bits per heavy atom. The van der Waals surface area contributed by atoms with E-state index in [2.05, 4.69) is 14.9 Å². The molecule has 0 bridgehead atoms. The van der Waals surface area contributed by atoms with Gasteiger partial charge in [0.05, 0.1) is 21.8 Å². The van der Waals surface area contributed by atoms with Crippen molar-refractivity contribution in [3.8, 4) is 17.3 Å². The number of nitrogens with two attached hydrogens (primary N) is 1. The lowest BCUT2D eigenvalue weighted by molar-refractivity contribution is -0.137. The van der Waals surface area contributed by atoms with Crippen LogP contribution in [0.4, 0.5) is 29.6 Å². The standard InChI is InChI=1S/C31H39ClF3N7O3/c1-17-16-41(29(43)45-30(2,3)4)12-13-42(17)27-19-14-21(32)18(26-20(31(33,34)35)10-11-25(36)38-26)15-22(19)37-28(39-27)44-24-9-7-8-23(24)40(5)6/h10-11,14-15,17,23-24H,7-9,12-13,16H2,1-6H3,(H2,36,38)/t17-,23?,24?/m0/s1. The molecule has 0 spiro atoms. The minimum Gasteiger partial charge on any atom is -0.458 e. The first-order valence-corrected chi connectivity index (χ1v) is 15.3. The summed E-state index contributed by atoms with van der Waals surface area (Å²) in [6.07, 6.45) is -2.48. The molecule has 3 atom stereocenters. The summed E-state index contributed by atoms with van der Waals surface area (Å²) in [5.74, 6) is 0.435. The molecule has 1 saturated carbocycles. The molecule has 45 heavy (non-hydrogen) atoms. The minimum absolute atomic E-state index is 0.0353. The van der Waals surface area contributed by atoms with Gasteiger partial charge in [0.25, 0.3) is 0 Å². The maximum Gasteiger partial charge on any atom is 0.418 e. The number of halogens is 4. The lowest BCUT2D eigenvalue weighted by Gasteiger charge is -2.41. The number of anilines is 2. The average Bonchev–Trinajstić information content (AvgIpc) is 3.39. The van der Waals surface area contributed by atoms with Crippen LogP contribution in [-0.4, -0.2) is 88.4 Å². The van der Waals surface area contributed by atoms with Crippen molar-refractivity contribution in [1.82, 2.24) is 24.8 Å². The summed E-state index contributed by atoms with van der Waals surface area (Å²) < 4.78 is 54.0. The van der Waals surface area contributed by atoms with Crippen LogP contribution in [0.5, 0.6) is 6.01 Å². The van der Waals surface area contributed by atoms with E-state index in [1.807, 2.05) is 46.7 Å². The van der Waals surface area contributed by atoms with Crippen LogP contribution in [0, 0.1) is 0 Å². The van der Waals surface area contributed by atoms with Gasteiger partial charge < -0.3 is 29.9 Å². The zero-order chi connectivity index (χ0) is 32.8. The van der Waals surface area contributed by atoms with Crippen LogP contribution < -0.4 is 15.4 Å². The molecule has 3 heterocycles. The van der Waals surface area contributed by atoms with Crippen LogP contribution in [0.25, 0.3) is 22.2 Å². The van der Waals surface area contributed by atoms with Crippen molar-refractivity contribution in [3.05, 3.63) is 34.9 Å². The van der Waals surface area contributed by atoms with E-state index < -0.39 is 23.4 Å². The van der Waals surface area contributed by atoms with Crippen LogP contribution in [0.2, 0.25) is 5.02 Å². The third kappa shape index (κ3) is 7.14. The van der Waals surface area contributed by atoms with Gasteiger partial charge in [-0.05, 0) is 85.3 Å². The molecule has 1 amide bonds. The molecule has 1 saturated heterocycles. The summed E-state index contributed by atoms with van der Waals surface area (Å²) >= 11 is 6.69. The van der Waals surface area contributed by atoms with Crippen LogP contribution in [0.15, 0.2) is 24.3 Å². The number of hydrogen-bond donors (Lipinski definition) is 1. The Labute approximate surface area is 265 Å². The molecule has 244 valence electrons.